The Hall–Kier alpha value is -0.840. The van der Waals surface area contributed by atoms with E-state index in [1.54, 1.807) is 0 Å². The van der Waals surface area contributed by atoms with Gasteiger partial charge in [-0.2, -0.15) is 0 Å². The SMILES string of the molecule is O=C(CCBr)c1cc(F)cc(C(F)F)c1. The number of alkyl halides is 3. The number of ketones is 1. The normalized spacial score (nSPS) is 10.7. The molecule has 0 aliphatic heterocycles. The van der Waals surface area contributed by atoms with Gasteiger partial charge in [-0.15, -0.1) is 0 Å². The second-order valence-electron chi connectivity index (χ2n) is 2.94. The molecule has 0 atom stereocenters. The molecule has 1 rings (SSSR count). The van der Waals surface area contributed by atoms with E-state index in [-0.39, 0.29) is 17.8 Å². The predicted octanol–water partition coefficient (Wildman–Crippen LogP) is 3.73. The Balaban J connectivity index is 3.03. The fraction of sp³-hybridized carbons (Fsp3) is 0.300. The molecule has 0 amide bonds. The third-order valence-electron chi connectivity index (χ3n) is 1.82. The van der Waals surface area contributed by atoms with Crippen LogP contribution in [0.5, 0.6) is 0 Å². The van der Waals surface area contributed by atoms with Crippen molar-refractivity contribution < 1.29 is 18.0 Å². The minimum Gasteiger partial charge on any atom is -0.294 e. The first-order valence-electron chi connectivity index (χ1n) is 4.22. The first-order chi connectivity index (χ1) is 7.04. The Labute approximate surface area is 93.4 Å². The number of hydrogen-bond acceptors (Lipinski definition) is 1. The Morgan fingerprint density at radius 2 is 2.00 bits per heavy atom. The van der Waals surface area contributed by atoms with Gasteiger partial charge in [-0.25, -0.2) is 13.2 Å². The Bertz CT molecular complexity index is 366. The zero-order valence-electron chi connectivity index (χ0n) is 7.64. The summed E-state index contributed by atoms with van der Waals surface area (Å²) in [6.45, 7) is 0. The van der Waals surface area contributed by atoms with Crippen molar-refractivity contribution >= 4 is 21.7 Å². The van der Waals surface area contributed by atoms with Gasteiger partial charge in [0.2, 0.25) is 0 Å². The zero-order chi connectivity index (χ0) is 11.4. The molecular weight excluding hydrogens is 273 g/mol. The van der Waals surface area contributed by atoms with Crippen LogP contribution >= 0.6 is 15.9 Å². The molecule has 15 heavy (non-hydrogen) atoms. The highest BCUT2D eigenvalue weighted by atomic mass is 79.9. The van der Waals surface area contributed by atoms with Crippen LogP contribution in [-0.2, 0) is 0 Å². The van der Waals surface area contributed by atoms with Crippen molar-refractivity contribution in [2.75, 3.05) is 5.33 Å². The summed E-state index contributed by atoms with van der Waals surface area (Å²) in [4.78, 5) is 11.3. The van der Waals surface area contributed by atoms with Gasteiger partial charge < -0.3 is 0 Å². The van der Waals surface area contributed by atoms with Crippen LogP contribution in [0.3, 0.4) is 0 Å². The second-order valence-corrected chi connectivity index (χ2v) is 3.73. The van der Waals surface area contributed by atoms with E-state index in [0.29, 0.717) is 5.33 Å². The van der Waals surface area contributed by atoms with E-state index in [9.17, 15) is 18.0 Å². The molecule has 5 heteroatoms. The predicted molar refractivity (Wildman–Crippen MR) is 54.1 cm³/mol. The van der Waals surface area contributed by atoms with E-state index in [4.69, 9.17) is 0 Å². The van der Waals surface area contributed by atoms with Gasteiger partial charge in [0.25, 0.3) is 6.43 Å². The molecule has 0 spiro atoms. The van der Waals surface area contributed by atoms with Crippen molar-refractivity contribution in [2.24, 2.45) is 0 Å². The maximum Gasteiger partial charge on any atom is 0.263 e. The second kappa shape index (κ2) is 5.30. The topological polar surface area (TPSA) is 17.1 Å². The third kappa shape index (κ3) is 3.34. The lowest BCUT2D eigenvalue weighted by molar-refractivity contribution is 0.0989. The van der Waals surface area contributed by atoms with E-state index in [0.717, 1.165) is 18.2 Å². The highest BCUT2D eigenvalue weighted by molar-refractivity contribution is 9.09. The molecule has 0 aromatic heterocycles. The molecule has 0 saturated heterocycles. The fourth-order valence-corrected chi connectivity index (χ4v) is 1.49. The number of carbonyl (C=O) groups is 1. The summed E-state index contributed by atoms with van der Waals surface area (Å²) < 4.78 is 37.5. The van der Waals surface area contributed by atoms with Crippen LogP contribution in [0.15, 0.2) is 18.2 Å². The number of Topliss-reactive ketones (excluding diaryl/α,β-unsaturated/α-hetero) is 1. The van der Waals surface area contributed by atoms with Crippen LogP contribution in [0.2, 0.25) is 0 Å². The van der Waals surface area contributed by atoms with E-state index in [1.165, 1.54) is 0 Å². The molecule has 1 aromatic carbocycles. The molecule has 0 aliphatic carbocycles. The summed E-state index contributed by atoms with van der Waals surface area (Å²) in [5.41, 5.74) is -0.474. The highest BCUT2D eigenvalue weighted by Crippen LogP contribution is 2.21. The molecule has 82 valence electrons. The van der Waals surface area contributed by atoms with E-state index < -0.39 is 17.8 Å². The maximum atomic E-state index is 12.9. The number of halogens is 4. The molecular formula is C10H8BrF3O. The lowest BCUT2D eigenvalue weighted by Crippen LogP contribution is -2.02. The highest BCUT2D eigenvalue weighted by Gasteiger charge is 2.13. The van der Waals surface area contributed by atoms with Crippen LogP contribution in [0.4, 0.5) is 13.2 Å². The largest absolute Gasteiger partial charge is 0.294 e. The van der Waals surface area contributed by atoms with Crippen molar-refractivity contribution in [3.63, 3.8) is 0 Å². The van der Waals surface area contributed by atoms with Gasteiger partial charge in [0, 0.05) is 22.9 Å². The summed E-state index contributed by atoms with van der Waals surface area (Å²) in [7, 11) is 0. The zero-order valence-corrected chi connectivity index (χ0v) is 9.23. The molecule has 0 aliphatic rings. The molecule has 0 saturated carbocycles. The third-order valence-corrected chi connectivity index (χ3v) is 2.21. The number of carbonyl (C=O) groups excluding carboxylic acids is 1. The average molecular weight is 281 g/mol. The van der Waals surface area contributed by atoms with E-state index >= 15 is 0 Å². The molecule has 0 radical (unpaired) electrons. The van der Waals surface area contributed by atoms with Gasteiger partial charge in [0.15, 0.2) is 5.78 Å². The quantitative estimate of drug-likeness (QED) is 0.607. The summed E-state index contributed by atoms with van der Waals surface area (Å²) in [5.74, 6) is -1.17. The van der Waals surface area contributed by atoms with Gasteiger partial charge in [0.05, 0.1) is 0 Å². The van der Waals surface area contributed by atoms with E-state index in [1.807, 2.05) is 0 Å². The monoisotopic (exact) mass is 280 g/mol. The smallest absolute Gasteiger partial charge is 0.263 e. The minimum absolute atomic E-state index is 0.00949. The van der Waals surface area contributed by atoms with Crippen molar-refractivity contribution in [1.82, 2.24) is 0 Å². The fourth-order valence-electron chi connectivity index (χ4n) is 1.13. The maximum absolute atomic E-state index is 12.9. The molecule has 0 fully saturated rings. The van der Waals surface area contributed by atoms with Gasteiger partial charge in [-0.1, -0.05) is 15.9 Å². The summed E-state index contributed by atoms with van der Waals surface area (Å²) >= 11 is 3.05. The lowest BCUT2D eigenvalue weighted by Gasteiger charge is -2.04. The van der Waals surface area contributed by atoms with Crippen molar-refractivity contribution in [3.05, 3.63) is 35.1 Å². The summed E-state index contributed by atoms with van der Waals surface area (Å²) in [5, 5.41) is 0.423. The van der Waals surface area contributed by atoms with E-state index in [2.05, 4.69) is 15.9 Å². The average Bonchev–Trinajstić information content (AvgIpc) is 2.17. The standard InChI is InChI=1S/C10H8BrF3O/c11-2-1-9(15)6-3-7(10(13)14)5-8(12)4-6/h3-5,10H,1-2H2. The molecule has 0 bridgehead atoms. The Kier molecular flexibility index (Phi) is 4.32. The van der Waals surface area contributed by atoms with Crippen LogP contribution in [-0.4, -0.2) is 11.1 Å². The van der Waals surface area contributed by atoms with Gasteiger partial charge in [0.1, 0.15) is 5.82 Å². The van der Waals surface area contributed by atoms with Crippen molar-refractivity contribution in [1.29, 1.82) is 0 Å². The Morgan fingerprint density at radius 3 is 2.53 bits per heavy atom. The first-order valence-corrected chi connectivity index (χ1v) is 5.34. The molecule has 1 nitrogen and oxygen atoms in total. The van der Waals surface area contributed by atoms with Gasteiger partial charge in [-0.05, 0) is 18.2 Å². The molecule has 0 heterocycles. The summed E-state index contributed by atoms with van der Waals surface area (Å²) in [6.07, 6.45) is -2.61. The first kappa shape index (κ1) is 12.2. The van der Waals surface area contributed by atoms with Crippen LogP contribution in [0.25, 0.3) is 0 Å². The Morgan fingerprint density at radius 1 is 1.33 bits per heavy atom. The number of benzene rings is 1. The van der Waals surface area contributed by atoms with Crippen LogP contribution in [0, 0.1) is 5.82 Å². The molecule has 1 aromatic rings. The van der Waals surface area contributed by atoms with Gasteiger partial charge in [-0.3, -0.25) is 4.79 Å². The molecule has 0 N–H and O–H groups in total. The van der Waals surface area contributed by atoms with Crippen LogP contribution < -0.4 is 0 Å². The number of hydrogen-bond donors (Lipinski definition) is 0. The van der Waals surface area contributed by atoms with Crippen molar-refractivity contribution in [2.45, 2.75) is 12.8 Å². The molecule has 0 unspecified atom stereocenters. The van der Waals surface area contributed by atoms with Crippen LogP contribution in [0.1, 0.15) is 28.8 Å². The number of rotatable bonds is 4. The minimum atomic E-state index is -2.77. The van der Waals surface area contributed by atoms with Crippen molar-refractivity contribution in [3.8, 4) is 0 Å². The van der Waals surface area contributed by atoms with Gasteiger partial charge >= 0.3 is 0 Å². The lowest BCUT2D eigenvalue weighted by atomic mass is 10.1. The summed E-state index contributed by atoms with van der Waals surface area (Å²) in [6, 6.07) is 2.73.